The minimum atomic E-state index is -3.79. The van der Waals surface area contributed by atoms with Crippen LogP contribution < -0.4 is 11.5 Å². The molecule has 1 heterocycles. The quantitative estimate of drug-likeness (QED) is 0.200. The molecule has 7 N–H and O–H groups in total. The molecule has 0 unspecified atom stereocenters. The Labute approximate surface area is 147 Å². The van der Waals surface area contributed by atoms with Gasteiger partial charge in [-0.05, 0) is 19.9 Å². The second-order valence-corrected chi connectivity index (χ2v) is 7.52. The molecular formula is C14H28N3O7P. The maximum Gasteiger partial charge on any atom is 0.395 e. The Balaban J connectivity index is 3.30. The van der Waals surface area contributed by atoms with E-state index in [4.69, 9.17) is 30.4 Å². The average Bonchev–Trinajstić information content (AvgIpc) is 2.55. The Bertz CT molecular complexity index is 529. The number of aliphatic hydroxyl groups is 3. The van der Waals surface area contributed by atoms with Gasteiger partial charge in [0.1, 0.15) is 18.3 Å². The second-order valence-electron chi connectivity index (χ2n) is 5.56. The second kappa shape index (κ2) is 9.51. The fourth-order valence-corrected chi connectivity index (χ4v) is 4.07. The van der Waals surface area contributed by atoms with Crippen molar-refractivity contribution in [3.8, 4) is 0 Å². The van der Waals surface area contributed by atoms with Gasteiger partial charge in [0.15, 0.2) is 5.96 Å². The van der Waals surface area contributed by atoms with Gasteiger partial charge < -0.3 is 40.6 Å². The standard InChI is InChI=1S/C14H28N3O7P/c1-4-22-25(21,23-5-2)11-6-9(17-14(15)16)8(3)13(24-11)12(20)10(19)7-18/h6,8-10,12-13,18-20H,4-5,7H2,1-3H3,(H4,15,16,17)/t8-,9+,10-,12-,13-/m1/s1. The summed E-state index contributed by atoms with van der Waals surface area (Å²) < 4.78 is 29.1. The first-order valence-electron chi connectivity index (χ1n) is 8.04. The molecule has 11 heteroatoms. The van der Waals surface area contributed by atoms with Crippen LogP contribution in [0.25, 0.3) is 0 Å². The number of guanidine groups is 1. The third kappa shape index (κ3) is 5.40. The molecule has 1 aliphatic heterocycles. The molecule has 0 aliphatic carbocycles. The Morgan fingerprint density at radius 2 is 1.92 bits per heavy atom. The number of nitrogens with zero attached hydrogens (tertiary/aromatic N) is 1. The molecule has 0 aromatic rings. The summed E-state index contributed by atoms with van der Waals surface area (Å²) in [7, 11) is -3.79. The third-order valence-electron chi connectivity index (χ3n) is 3.71. The molecule has 0 radical (unpaired) electrons. The minimum absolute atomic E-state index is 0.104. The summed E-state index contributed by atoms with van der Waals surface area (Å²) in [6.07, 6.45) is -2.53. The first kappa shape index (κ1) is 21.9. The van der Waals surface area contributed by atoms with Crippen molar-refractivity contribution >= 4 is 13.6 Å². The van der Waals surface area contributed by atoms with Crippen molar-refractivity contribution in [2.45, 2.75) is 45.1 Å². The predicted octanol–water partition coefficient (Wildman–Crippen LogP) is -0.515. The van der Waals surface area contributed by atoms with Gasteiger partial charge in [0.2, 0.25) is 5.50 Å². The summed E-state index contributed by atoms with van der Waals surface area (Å²) in [5.74, 6) is -0.688. The van der Waals surface area contributed by atoms with Gasteiger partial charge in [-0.1, -0.05) is 6.92 Å². The zero-order chi connectivity index (χ0) is 19.2. The number of ether oxygens (including phenoxy) is 1. The monoisotopic (exact) mass is 381 g/mol. The first-order valence-corrected chi connectivity index (χ1v) is 9.58. The molecule has 0 amide bonds. The first-order chi connectivity index (χ1) is 11.7. The molecule has 5 atom stereocenters. The van der Waals surface area contributed by atoms with Gasteiger partial charge in [0.05, 0.1) is 25.9 Å². The van der Waals surface area contributed by atoms with Crippen molar-refractivity contribution in [1.29, 1.82) is 0 Å². The Morgan fingerprint density at radius 3 is 2.36 bits per heavy atom. The summed E-state index contributed by atoms with van der Waals surface area (Å²) in [6.45, 7) is 4.52. The van der Waals surface area contributed by atoms with E-state index in [1.165, 1.54) is 6.08 Å². The van der Waals surface area contributed by atoms with E-state index in [1.54, 1.807) is 20.8 Å². The van der Waals surface area contributed by atoms with E-state index >= 15 is 0 Å². The lowest BCUT2D eigenvalue weighted by molar-refractivity contribution is -0.106. The van der Waals surface area contributed by atoms with Gasteiger partial charge in [-0.3, -0.25) is 4.57 Å². The lowest BCUT2D eigenvalue weighted by Gasteiger charge is -2.38. The fraction of sp³-hybridized carbons (Fsp3) is 0.786. The van der Waals surface area contributed by atoms with Gasteiger partial charge >= 0.3 is 7.60 Å². The zero-order valence-corrected chi connectivity index (χ0v) is 15.5. The normalized spacial score (nSPS) is 26.3. The topological polar surface area (TPSA) is 170 Å². The number of hydrogen-bond acceptors (Lipinski definition) is 8. The highest BCUT2D eigenvalue weighted by Crippen LogP contribution is 2.58. The van der Waals surface area contributed by atoms with Crippen LogP contribution in [-0.4, -0.2) is 65.5 Å². The van der Waals surface area contributed by atoms with Gasteiger partial charge in [0, 0.05) is 5.92 Å². The molecule has 0 saturated carbocycles. The van der Waals surface area contributed by atoms with Crippen LogP contribution in [0.4, 0.5) is 0 Å². The third-order valence-corrected chi connectivity index (χ3v) is 5.70. The van der Waals surface area contributed by atoms with Crippen LogP contribution in [0.3, 0.4) is 0 Å². The van der Waals surface area contributed by atoms with Crippen LogP contribution in [0.1, 0.15) is 20.8 Å². The van der Waals surface area contributed by atoms with Gasteiger partial charge in [-0.25, -0.2) is 4.99 Å². The summed E-state index contributed by atoms with van der Waals surface area (Å²) >= 11 is 0. The van der Waals surface area contributed by atoms with Crippen LogP contribution in [-0.2, 0) is 18.3 Å². The summed E-state index contributed by atoms with van der Waals surface area (Å²) in [4.78, 5) is 4.05. The maximum absolute atomic E-state index is 13.0. The fourth-order valence-electron chi connectivity index (χ4n) is 2.47. The molecule has 0 aromatic heterocycles. The lowest BCUT2D eigenvalue weighted by atomic mass is 9.89. The van der Waals surface area contributed by atoms with Crippen molar-refractivity contribution in [3.63, 3.8) is 0 Å². The molecule has 25 heavy (non-hydrogen) atoms. The SMILES string of the molecule is CCOP(=O)(OCC)C1=C[C@H](N=C(N)N)[C@@H](C)[C@H]([C@H](O)[C@H](O)CO)O1. The zero-order valence-electron chi connectivity index (χ0n) is 14.6. The molecule has 0 spiro atoms. The highest BCUT2D eigenvalue weighted by molar-refractivity contribution is 7.58. The molecule has 1 rings (SSSR count). The van der Waals surface area contributed by atoms with Crippen molar-refractivity contribution in [1.82, 2.24) is 0 Å². The Morgan fingerprint density at radius 1 is 1.36 bits per heavy atom. The predicted molar refractivity (Wildman–Crippen MR) is 91.7 cm³/mol. The highest BCUT2D eigenvalue weighted by atomic mass is 31.2. The molecule has 146 valence electrons. The van der Waals surface area contributed by atoms with Crippen LogP contribution in [0.15, 0.2) is 16.6 Å². The summed E-state index contributed by atoms with van der Waals surface area (Å²) in [6, 6.07) is -0.687. The van der Waals surface area contributed by atoms with Crippen LogP contribution in [0.5, 0.6) is 0 Å². The molecule has 10 nitrogen and oxygen atoms in total. The van der Waals surface area contributed by atoms with E-state index in [1.807, 2.05) is 0 Å². The smallest absolute Gasteiger partial charge is 0.395 e. The largest absolute Gasteiger partial charge is 0.479 e. The number of hydrogen-bond donors (Lipinski definition) is 5. The molecule has 0 bridgehead atoms. The average molecular weight is 381 g/mol. The number of rotatable bonds is 9. The highest BCUT2D eigenvalue weighted by Gasteiger charge is 2.45. The number of aliphatic imine (C=N–C) groups is 1. The van der Waals surface area contributed by atoms with E-state index < -0.39 is 44.5 Å². The van der Waals surface area contributed by atoms with Gasteiger partial charge in [-0.15, -0.1) is 0 Å². The van der Waals surface area contributed by atoms with Crippen LogP contribution >= 0.6 is 7.60 Å². The van der Waals surface area contributed by atoms with E-state index in [0.29, 0.717) is 0 Å². The van der Waals surface area contributed by atoms with Crippen molar-refractivity contribution in [2.24, 2.45) is 22.4 Å². The van der Waals surface area contributed by atoms with Gasteiger partial charge in [0.25, 0.3) is 0 Å². The Hall–Kier alpha value is -1.16. The van der Waals surface area contributed by atoms with E-state index in [0.717, 1.165) is 0 Å². The number of aliphatic hydroxyl groups excluding tert-OH is 3. The van der Waals surface area contributed by atoms with Crippen molar-refractivity contribution < 1.29 is 33.7 Å². The molecule has 0 saturated heterocycles. The van der Waals surface area contributed by atoms with E-state index in [9.17, 15) is 14.8 Å². The van der Waals surface area contributed by atoms with Crippen LogP contribution in [0.2, 0.25) is 0 Å². The number of nitrogens with two attached hydrogens (primary N) is 2. The summed E-state index contributed by atoms with van der Waals surface area (Å²) in [5, 5.41) is 29.1. The van der Waals surface area contributed by atoms with E-state index in [-0.39, 0.29) is 24.7 Å². The maximum atomic E-state index is 13.0. The molecule has 0 fully saturated rings. The van der Waals surface area contributed by atoms with Crippen LogP contribution in [0, 0.1) is 5.92 Å². The van der Waals surface area contributed by atoms with Gasteiger partial charge in [-0.2, -0.15) is 0 Å². The van der Waals surface area contributed by atoms with E-state index in [2.05, 4.69) is 4.99 Å². The molecule has 0 aromatic carbocycles. The van der Waals surface area contributed by atoms with Crippen molar-refractivity contribution in [2.75, 3.05) is 19.8 Å². The minimum Gasteiger partial charge on any atom is -0.479 e. The Kier molecular flexibility index (Phi) is 8.33. The summed E-state index contributed by atoms with van der Waals surface area (Å²) in [5.41, 5.74) is 10.7. The molecular weight excluding hydrogens is 353 g/mol. The molecule has 1 aliphatic rings. The lowest BCUT2D eigenvalue weighted by Crippen LogP contribution is -2.49. The van der Waals surface area contributed by atoms with Crippen molar-refractivity contribution in [3.05, 3.63) is 11.6 Å².